The molecule has 0 saturated heterocycles. The van der Waals surface area contributed by atoms with Crippen LogP contribution in [0.2, 0.25) is 0 Å². The highest BCUT2D eigenvalue weighted by atomic mass is 16.5. The van der Waals surface area contributed by atoms with Crippen molar-refractivity contribution in [3.63, 3.8) is 0 Å². The molecule has 33 heavy (non-hydrogen) atoms. The third-order valence-electron chi connectivity index (χ3n) is 4.47. The van der Waals surface area contributed by atoms with Gasteiger partial charge >= 0.3 is 11.8 Å². The first kappa shape index (κ1) is 23.2. The molecule has 0 aliphatic heterocycles. The van der Waals surface area contributed by atoms with E-state index in [1.165, 1.54) is 6.21 Å². The van der Waals surface area contributed by atoms with Crippen molar-refractivity contribution in [2.75, 3.05) is 11.9 Å². The fraction of sp³-hybridized carbons (Fsp3) is 0.120. The van der Waals surface area contributed by atoms with E-state index in [2.05, 4.69) is 21.2 Å². The lowest BCUT2D eigenvalue weighted by Gasteiger charge is -2.08. The zero-order chi connectivity index (χ0) is 23.5. The summed E-state index contributed by atoms with van der Waals surface area (Å²) in [5, 5.41) is 9.06. The molecule has 3 aromatic carbocycles. The fourth-order valence-corrected chi connectivity index (χ4v) is 2.71. The van der Waals surface area contributed by atoms with E-state index in [1.54, 1.807) is 24.3 Å². The van der Waals surface area contributed by atoms with Gasteiger partial charge in [-0.05, 0) is 54.4 Å². The Morgan fingerprint density at radius 1 is 0.879 bits per heavy atom. The van der Waals surface area contributed by atoms with Crippen LogP contribution in [0.15, 0.2) is 84.0 Å². The predicted molar refractivity (Wildman–Crippen MR) is 126 cm³/mol. The van der Waals surface area contributed by atoms with Crippen LogP contribution in [0.5, 0.6) is 5.75 Å². The van der Waals surface area contributed by atoms with Crippen LogP contribution in [0.1, 0.15) is 16.7 Å². The molecular weight excluding hydrogens is 420 g/mol. The van der Waals surface area contributed by atoms with E-state index >= 15 is 0 Å². The number of aryl methyl sites for hydroxylation is 1. The van der Waals surface area contributed by atoms with Crippen molar-refractivity contribution < 1.29 is 19.1 Å². The summed E-state index contributed by atoms with van der Waals surface area (Å²) in [5.74, 6) is -1.39. The van der Waals surface area contributed by atoms with Crippen molar-refractivity contribution in [1.29, 1.82) is 0 Å². The highest BCUT2D eigenvalue weighted by Gasteiger charge is 2.11. The van der Waals surface area contributed by atoms with Gasteiger partial charge in [0.1, 0.15) is 5.75 Å². The number of amides is 3. The van der Waals surface area contributed by atoms with Crippen molar-refractivity contribution in [1.82, 2.24) is 10.7 Å². The van der Waals surface area contributed by atoms with Gasteiger partial charge in [-0.2, -0.15) is 5.10 Å². The third kappa shape index (κ3) is 7.95. The molecule has 0 spiro atoms. The Morgan fingerprint density at radius 3 is 2.27 bits per heavy atom. The van der Waals surface area contributed by atoms with Gasteiger partial charge in [-0.25, -0.2) is 5.43 Å². The van der Waals surface area contributed by atoms with E-state index in [-0.39, 0.29) is 19.1 Å². The molecule has 0 unspecified atom stereocenters. The maximum Gasteiger partial charge on any atom is 0.329 e. The van der Waals surface area contributed by atoms with Crippen LogP contribution in [0.25, 0.3) is 0 Å². The zero-order valence-corrected chi connectivity index (χ0v) is 18.1. The van der Waals surface area contributed by atoms with Gasteiger partial charge < -0.3 is 15.4 Å². The normalized spacial score (nSPS) is 10.5. The number of nitrogens with zero attached hydrogens (tertiary/aromatic N) is 1. The lowest BCUT2D eigenvalue weighted by molar-refractivity contribution is -0.139. The molecule has 0 atom stereocenters. The van der Waals surface area contributed by atoms with E-state index in [1.807, 2.05) is 61.5 Å². The number of hydrazone groups is 1. The molecule has 3 aromatic rings. The molecule has 0 aromatic heterocycles. The largest absolute Gasteiger partial charge is 0.484 e. The molecular formula is C25H24N4O4. The minimum Gasteiger partial charge on any atom is -0.484 e. The maximum atomic E-state index is 12.0. The lowest BCUT2D eigenvalue weighted by Crippen LogP contribution is -2.37. The fourth-order valence-electron chi connectivity index (χ4n) is 2.71. The molecule has 0 saturated carbocycles. The average Bonchev–Trinajstić information content (AvgIpc) is 2.84. The summed E-state index contributed by atoms with van der Waals surface area (Å²) < 4.78 is 5.48. The molecule has 0 heterocycles. The standard InChI is InChI=1S/C25H24N4O4/c1-18-7-11-21(12-8-18)28-23(30)17-33-22-13-9-20(10-14-22)16-27-29-25(32)24(31)26-15-19-5-3-2-4-6-19/h2-14,16H,15,17H2,1H3,(H,26,31)(H,28,30)(H,29,32)/b27-16-. The SMILES string of the molecule is Cc1ccc(NC(=O)COc2ccc(/C=N\NC(=O)C(=O)NCc3ccccc3)cc2)cc1. The smallest absolute Gasteiger partial charge is 0.329 e. The van der Waals surface area contributed by atoms with Gasteiger partial charge in [0.25, 0.3) is 5.91 Å². The number of benzene rings is 3. The van der Waals surface area contributed by atoms with E-state index in [0.717, 1.165) is 11.1 Å². The molecule has 3 N–H and O–H groups in total. The van der Waals surface area contributed by atoms with E-state index in [4.69, 9.17) is 4.74 Å². The summed E-state index contributed by atoms with van der Waals surface area (Å²) in [7, 11) is 0. The Labute approximate surface area is 191 Å². The summed E-state index contributed by atoms with van der Waals surface area (Å²) >= 11 is 0. The number of hydrogen-bond acceptors (Lipinski definition) is 5. The van der Waals surface area contributed by atoms with Crippen LogP contribution in [-0.2, 0) is 20.9 Å². The average molecular weight is 444 g/mol. The van der Waals surface area contributed by atoms with Gasteiger partial charge in [0.15, 0.2) is 6.61 Å². The number of ether oxygens (including phenoxy) is 1. The molecule has 0 fully saturated rings. The maximum absolute atomic E-state index is 12.0. The zero-order valence-electron chi connectivity index (χ0n) is 18.1. The molecule has 8 heteroatoms. The lowest BCUT2D eigenvalue weighted by atomic mass is 10.2. The Bertz CT molecular complexity index is 1110. The summed E-state index contributed by atoms with van der Waals surface area (Å²) in [6.07, 6.45) is 1.40. The molecule has 3 amide bonds. The molecule has 3 rings (SSSR count). The van der Waals surface area contributed by atoms with Gasteiger partial charge in [-0.3, -0.25) is 14.4 Å². The van der Waals surface area contributed by atoms with Crippen molar-refractivity contribution in [3.8, 4) is 5.75 Å². The Hall–Kier alpha value is -4.46. The van der Waals surface area contributed by atoms with Gasteiger partial charge in [0.05, 0.1) is 6.21 Å². The van der Waals surface area contributed by atoms with Gasteiger partial charge in [-0.1, -0.05) is 48.0 Å². The monoisotopic (exact) mass is 444 g/mol. The van der Waals surface area contributed by atoms with E-state index in [9.17, 15) is 14.4 Å². The third-order valence-corrected chi connectivity index (χ3v) is 4.47. The van der Waals surface area contributed by atoms with Crippen molar-refractivity contribution in [2.45, 2.75) is 13.5 Å². The molecule has 168 valence electrons. The number of anilines is 1. The number of carbonyl (C=O) groups is 3. The molecule has 0 bridgehead atoms. The second-order valence-electron chi connectivity index (χ2n) is 7.14. The van der Waals surface area contributed by atoms with Gasteiger partial charge in [0.2, 0.25) is 0 Å². The molecule has 0 aliphatic rings. The number of hydrogen-bond donors (Lipinski definition) is 3. The van der Waals surface area contributed by atoms with Crippen molar-refractivity contribution in [3.05, 3.63) is 95.6 Å². The highest BCUT2D eigenvalue weighted by Crippen LogP contribution is 2.12. The van der Waals surface area contributed by atoms with Crippen LogP contribution in [0, 0.1) is 6.92 Å². The summed E-state index contributed by atoms with van der Waals surface area (Å²) in [5.41, 5.74) is 5.56. The van der Waals surface area contributed by atoms with Gasteiger partial charge in [0, 0.05) is 12.2 Å². The number of nitrogens with one attached hydrogen (secondary N) is 3. The molecule has 8 nitrogen and oxygen atoms in total. The predicted octanol–water partition coefficient (Wildman–Crippen LogP) is 2.78. The van der Waals surface area contributed by atoms with Gasteiger partial charge in [-0.15, -0.1) is 0 Å². The van der Waals surface area contributed by atoms with Crippen LogP contribution >= 0.6 is 0 Å². The first-order valence-corrected chi connectivity index (χ1v) is 10.2. The first-order chi connectivity index (χ1) is 16.0. The van der Waals surface area contributed by atoms with Crippen LogP contribution in [-0.4, -0.2) is 30.5 Å². The van der Waals surface area contributed by atoms with E-state index < -0.39 is 11.8 Å². The van der Waals surface area contributed by atoms with Crippen LogP contribution < -0.4 is 20.8 Å². The Kier molecular flexibility index (Phi) is 8.30. The second kappa shape index (κ2) is 11.8. The van der Waals surface area contributed by atoms with Crippen LogP contribution in [0.3, 0.4) is 0 Å². The molecule has 0 radical (unpaired) electrons. The number of carbonyl (C=O) groups excluding carboxylic acids is 3. The number of rotatable bonds is 8. The minimum absolute atomic E-state index is 0.130. The topological polar surface area (TPSA) is 109 Å². The minimum atomic E-state index is -0.860. The highest BCUT2D eigenvalue weighted by molar-refractivity contribution is 6.35. The van der Waals surface area contributed by atoms with E-state index in [0.29, 0.717) is 17.0 Å². The molecule has 0 aliphatic carbocycles. The van der Waals surface area contributed by atoms with Crippen LogP contribution in [0.4, 0.5) is 5.69 Å². The Balaban J connectivity index is 1.39. The first-order valence-electron chi connectivity index (χ1n) is 10.2. The second-order valence-corrected chi connectivity index (χ2v) is 7.14. The summed E-state index contributed by atoms with van der Waals surface area (Å²) in [6.45, 7) is 2.09. The van der Waals surface area contributed by atoms with Crippen molar-refractivity contribution >= 4 is 29.6 Å². The summed E-state index contributed by atoms with van der Waals surface area (Å²) in [6, 6.07) is 23.5. The summed E-state index contributed by atoms with van der Waals surface area (Å²) in [4.78, 5) is 35.6. The van der Waals surface area contributed by atoms with Crippen molar-refractivity contribution in [2.24, 2.45) is 5.10 Å². The Morgan fingerprint density at radius 2 is 1.58 bits per heavy atom. The quantitative estimate of drug-likeness (QED) is 0.282.